The second kappa shape index (κ2) is 5.05. The molecule has 94 valence electrons. The van der Waals surface area contributed by atoms with E-state index in [-0.39, 0.29) is 11.7 Å². The van der Waals surface area contributed by atoms with E-state index in [1.165, 1.54) is 6.33 Å². The summed E-state index contributed by atoms with van der Waals surface area (Å²) in [6, 6.07) is 5.28. The lowest BCUT2D eigenvalue weighted by Crippen LogP contribution is -2.17. The highest BCUT2D eigenvalue weighted by atomic mass is 35.5. The Morgan fingerprint density at radius 3 is 2.83 bits per heavy atom. The lowest BCUT2D eigenvalue weighted by atomic mass is 10.2. The molecule has 0 aliphatic heterocycles. The van der Waals surface area contributed by atoms with Crippen molar-refractivity contribution in [3.63, 3.8) is 0 Å². The van der Waals surface area contributed by atoms with E-state index in [4.69, 9.17) is 11.6 Å². The molecule has 2 aromatic rings. The zero-order valence-corrected chi connectivity index (χ0v) is 10.7. The Labute approximate surface area is 109 Å². The topological polar surface area (TPSA) is 73.9 Å². The van der Waals surface area contributed by atoms with Crippen LogP contribution in [0.2, 0.25) is 5.02 Å². The zero-order valence-electron chi connectivity index (χ0n) is 9.94. The quantitative estimate of drug-likeness (QED) is 0.887. The van der Waals surface area contributed by atoms with Gasteiger partial charge in [-0.05, 0) is 18.2 Å². The first-order valence-electron chi connectivity index (χ1n) is 5.21. The fraction of sp³-hybridized carbons (Fsp3) is 0.182. The number of anilines is 2. The molecule has 1 aromatic heterocycles. The zero-order chi connectivity index (χ0) is 13.1. The number of H-pyrrole nitrogens is 1. The molecule has 1 amide bonds. The number of hydrogen-bond acceptors (Lipinski definition) is 4. The van der Waals surface area contributed by atoms with Crippen LogP contribution >= 0.6 is 11.6 Å². The third kappa shape index (κ3) is 2.60. The Balaban J connectivity index is 2.28. The molecule has 0 radical (unpaired) electrons. The van der Waals surface area contributed by atoms with Crippen molar-refractivity contribution in [1.29, 1.82) is 0 Å². The number of benzene rings is 1. The van der Waals surface area contributed by atoms with Crippen LogP contribution in [0.15, 0.2) is 24.5 Å². The molecule has 2 N–H and O–H groups in total. The molecule has 7 heteroatoms. The summed E-state index contributed by atoms with van der Waals surface area (Å²) in [6.45, 7) is 0. The summed E-state index contributed by atoms with van der Waals surface area (Å²) >= 11 is 5.92. The summed E-state index contributed by atoms with van der Waals surface area (Å²) < 4.78 is 0. The smallest absolute Gasteiger partial charge is 0.293 e. The Morgan fingerprint density at radius 2 is 2.22 bits per heavy atom. The largest absolute Gasteiger partial charge is 0.376 e. The number of hydrogen-bond donors (Lipinski definition) is 2. The molecule has 0 aliphatic carbocycles. The summed E-state index contributed by atoms with van der Waals surface area (Å²) in [4.78, 5) is 17.5. The molecule has 0 atom stereocenters. The second-order valence-corrected chi connectivity index (χ2v) is 4.28. The predicted octanol–water partition coefficient (Wildman–Crippen LogP) is 1.78. The SMILES string of the molecule is CN(C)c1ccc(Cl)cc1NC(=O)c1ncn[nH]1. The molecule has 0 spiro atoms. The van der Waals surface area contributed by atoms with E-state index in [0.29, 0.717) is 10.7 Å². The highest BCUT2D eigenvalue weighted by molar-refractivity contribution is 6.31. The van der Waals surface area contributed by atoms with Crippen molar-refractivity contribution in [3.8, 4) is 0 Å². The Kier molecular flexibility index (Phi) is 3.47. The highest BCUT2D eigenvalue weighted by Crippen LogP contribution is 2.27. The molecule has 0 saturated carbocycles. The van der Waals surface area contributed by atoms with E-state index in [2.05, 4.69) is 20.5 Å². The maximum Gasteiger partial charge on any atom is 0.293 e. The van der Waals surface area contributed by atoms with Gasteiger partial charge in [-0.1, -0.05) is 11.6 Å². The first-order valence-corrected chi connectivity index (χ1v) is 5.59. The van der Waals surface area contributed by atoms with Crippen LogP contribution in [-0.2, 0) is 0 Å². The summed E-state index contributed by atoms with van der Waals surface area (Å²) in [5, 5.41) is 9.41. The number of aromatic nitrogens is 3. The van der Waals surface area contributed by atoms with Gasteiger partial charge in [-0.25, -0.2) is 4.98 Å². The molecule has 0 aliphatic rings. The lowest BCUT2D eigenvalue weighted by molar-refractivity contribution is 0.101. The van der Waals surface area contributed by atoms with Gasteiger partial charge in [0.05, 0.1) is 11.4 Å². The molecule has 0 saturated heterocycles. The van der Waals surface area contributed by atoms with Gasteiger partial charge in [-0.3, -0.25) is 9.89 Å². The van der Waals surface area contributed by atoms with Crippen LogP contribution in [0.3, 0.4) is 0 Å². The third-order valence-corrected chi connectivity index (χ3v) is 2.55. The molecule has 0 unspecified atom stereocenters. The van der Waals surface area contributed by atoms with Gasteiger partial charge in [0.2, 0.25) is 5.82 Å². The molecule has 0 bridgehead atoms. The normalized spacial score (nSPS) is 10.2. The summed E-state index contributed by atoms with van der Waals surface area (Å²) in [5.74, 6) is -0.211. The van der Waals surface area contributed by atoms with Crippen molar-refractivity contribution in [3.05, 3.63) is 35.4 Å². The van der Waals surface area contributed by atoms with Crippen molar-refractivity contribution >= 4 is 28.9 Å². The van der Waals surface area contributed by atoms with Crippen LogP contribution in [-0.4, -0.2) is 35.2 Å². The molecule has 2 rings (SSSR count). The second-order valence-electron chi connectivity index (χ2n) is 3.84. The van der Waals surface area contributed by atoms with Gasteiger partial charge in [0, 0.05) is 19.1 Å². The maximum atomic E-state index is 11.9. The Morgan fingerprint density at radius 1 is 1.44 bits per heavy atom. The number of carbonyl (C=O) groups excluding carboxylic acids is 1. The standard InChI is InChI=1S/C11H12ClN5O/c1-17(2)9-4-3-7(12)5-8(9)15-11(18)10-13-6-14-16-10/h3-6H,1-2H3,(H,15,18)(H,13,14,16). The predicted molar refractivity (Wildman–Crippen MR) is 70.1 cm³/mol. The Hall–Kier alpha value is -2.08. The number of aromatic amines is 1. The van der Waals surface area contributed by atoms with Gasteiger partial charge < -0.3 is 10.2 Å². The highest BCUT2D eigenvalue weighted by Gasteiger charge is 2.12. The Bertz CT molecular complexity index is 553. The first kappa shape index (κ1) is 12.4. The summed E-state index contributed by atoms with van der Waals surface area (Å²) in [7, 11) is 3.76. The molecular formula is C11H12ClN5O. The van der Waals surface area contributed by atoms with E-state index in [9.17, 15) is 4.79 Å². The van der Waals surface area contributed by atoms with Gasteiger partial charge in [0.25, 0.3) is 5.91 Å². The first-order chi connectivity index (χ1) is 8.58. The molecule has 18 heavy (non-hydrogen) atoms. The van der Waals surface area contributed by atoms with Crippen molar-refractivity contribution in [2.24, 2.45) is 0 Å². The molecule has 1 heterocycles. The minimum absolute atomic E-state index is 0.152. The monoisotopic (exact) mass is 265 g/mol. The number of carbonyl (C=O) groups is 1. The van der Waals surface area contributed by atoms with Gasteiger partial charge in [-0.2, -0.15) is 5.10 Å². The van der Waals surface area contributed by atoms with E-state index in [1.807, 2.05) is 25.1 Å². The number of nitrogens with zero attached hydrogens (tertiary/aromatic N) is 3. The van der Waals surface area contributed by atoms with Crippen LogP contribution in [0.1, 0.15) is 10.6 Å². The third-order valence-electron chi connectivity index (χ3n) is 2.32. The average Bonchev–Trinajstić information content (AvgIpc) is 2.81. The van der Waals surface area contributed by atoms with E-state index in [0.717, 1.165) is 5.69 Å². The minimum atomic E-state index is -0.363. The molecule has 1 aromatic carbocycles. The van der Waals surface area contributed by atoms with Crippen molar-refractivity contribution in [2.45, 2.75) is 0 Å². The van der Waals surface area contributed by atoms with Crippen LogP contribution in [0.4, 0.5) is 11.4 Å². The summed E-state index contributed by atoms with van der Waals surface area (Å²) in [5.41, 5.74) is 1.47. The number of amides is 1. The van der Waals surface area contributed by atoms with Gasteiger partial charge in [0.1, 0.15) is 6.33 Å². The maximum absolute atomic E-state index is 11.9. The lowest BCUT2D eigenvalue weighted by Gasteiger charge is -2.17. The minimum Gasteiger partial charge on any atom is -0.376 e. The fourth-order valence-corrected chi connectivity index (χ4v) is 1.67. The average molecular weight is 266 g/mol. The van der Waals surface area contributed by atoms with Crippen LogP contribution in [0.5, 0.6) is 0 Å². The van der Waals surface area contributed by atoms with Crippen LogP contribution in [0, 0.1) is 0 Å². The van der Waals surface area contributed by atoms with Crippen molar-refractivity contribution in [1.82, 2.24) is 15.2 Å². The van der Waals surface area contributed by atoms with E-state index >= 15 is 0 Å². The van der Waals surface area contributed by atoms with E-state index < -0.39 is 0 Å². The molecular weight excluding hydrogens is 254 g/mol. The molecule has 6 nitrogen and oxygen atoms in total. The van der Waals surface area contributed by atoms with E-state index in [1.54, 1.807) is 12.1 Å². The molecule has 0 fully saturated rings. The van der Waals surface area contributed by atoms with Gasteiger partial charge >= 0.3 is 0 Å². The van der Waals surface area contributed by atoms with Crippen LogP contribution < -0.4 is 10.2 Å². The fourth-order valence-electron chi connectivity index (χ4n) is 1.49. The van der Waals surface area contributed by atoms with Gasteiger partial charge in [-0.15, -0.1) is 0 Å². The van der Waals surface area contributed by atoms with Crippen molar-refractivity contribution in [2.75, 3.05) is 24.3 Å². The van der Waals surface area contributed by atoms with Gasteiger partial charge in [0.15, 0.2) is 0 Å². The number of nitrogens with one attached hydrogen (secondary N) is 2. The number of halogens is 1. The van der Waals surface area contributed by atoms with Crippen LogP contribution in [0.25, 0.3) is 0 Å². The number of rotatable bonds is 3. The summed E-state index contributed by atoms with van der Waals surface area (Å²) in [6.07, 6.45) is 1.28. The van der Waals surface area contributed by atoms with Crippen molar-refractivity contribution < 1.29 is 4.79 Å².